The van der Waals surface area contributed by atoms with Crippen molar-refractivity contribution in [2.75, 3.05) is 19.7 Å². The maximum Gasteiger partial charge on any atom is 0.137 e. The summed E-state index contributed by atoms with van der Waals surface area (Å²) in [4.78, 5) is 0. The Hall–Kier alpha value is -0.730. The Labute approximate surface area is 109 Å². The molecule has 0 saturated heterocycles. The number of ether oxygens (including phenoxy) is 1. The molecule has 1 N–H and O–H groups in total. The van der Waals surface area contributed by atoms with E-state index in [1.165, 1.54) is 5.56 Å². The van der Waals surface area contributed by atoms with Gasteiger partial charge in [-0.2, -0.15) is 0 Å². The minimum absolute atomic E-state index is 0.0738. The second kappa shape index (κ2) is 6.27. The highest BCUT2D eigenvalue weighted by atomic mass is 35.5. The average molecular weight is 256 g/mol. The molecule has 0 saturated carbocycles. The molecule has 0 amide bonds. The van der Waals surface area contributed by atoms with E-state index in [2.05, 4.69) is 32.2 Å². The lowest BCUT2D eigenvalue weighted by Gasteiger charge is -2.26. The Kier molecular flexibility index (Phi) is 5.29. The van der Waals surface area contributed by atoms with Crippen LogP contribution in [-0.2, 0) is 5.41 Å². The molecule has 0 radical (unpaired) electrons. The molecule has 0 unspecified atom stereocenters. The van der Waals surface area contributed by atoms with E-state index in [4.69, 9.17) is 16.3 Å². The third kappa shape index (κ3) is 3.90. The third-order valence-electron chi connectivity index (χ3n) is 2.83. The number of benzene rings is 1. The van der Waals surface area contributed by atoms with Crippen molar-refractivity contribution in [3.63, 3.8) is 0 Å². The summed E-state index contributed by atoms with van der Waals surface area (Å²) in [7, 11) is 0. The van der Waals surface area contributed by atoms with Crippen molar-refractivity contribution in [3.8, 4) is 5.75 Å². The summed E-state index contributed by atoms with van der Waals surface area (Å²) in [5.41, 5.74) is 1.30. The van der Waals surface area contributed by atoms with Crippen molar-refractivity contribution in [1.29, 1.82) is 0 Å². The van der Waals surface area contributed by atoms with E-state index < -0.39 is 0 Å². The monoisotopic (exact) mass is 255 g/mol. The van der Waals surface area contributed by atoms with Crippen molar-refractivity contribution in [2.45, 2.75) is 33.1 Å². The van der Waals surface area contributed by atoms with E-state index in [0.717, 1.165) is 18.8 Å². The molecule has 1 aromatic rings. The Bertz CT molecular complexity index is 363. The third-order valence-corrected chi connectivity index (χ3v) is 3.13. The van der Waals surface area contributed by atoms with Crippen LogP contribution in [0.4, 0.5) is 0 Å². The van der Waals surface area contributed by atoms with Gasteiger partial charge in [-0.15, -0.1) is 0 Å². The van der Waals surface area contributed by atoms with Gasteiger partial charge in [0.05, 0.1) is 11.6 Å². The molecule has 0 heterocycles. The predicted molar refractivity (Wildman–Crippen MR) is 74.2 cm³/mol. The summed E-state index contributed by atoms with van der Waals surface area (Å²) in [6.45, 7) is 11.0. The van der Waals surface area contributed by atoms with Crippen molar-refractivity contribution in [1.82, 2.24) is 5.32 Å². The predicted octanol–water partition coefficient (Wildman–Crippen LogP) is 3.63. The molecule has 1 rings (SSSR count). The first-order valence-corrected chi connectivity index (χ1v) is 6.52. The van der Waals surface area contributed by atoms with Gasteiger partial charge in [-0.3, -0.25) is 0 Å². The largest absolute Gasteiger partial charge is 0.492 e. The van der Waals surface area contributed by atoms with Crippen LogP contribution in [-0.4, -0.2) is 19.7 Å². The second-order valence-corrected chi connectivity index (χ2v) is 5.15. The number of nitrogens with one attached hydrogen (secondary N) is 1. The number of likely N-dealkylation sites (N-methyl/N-ethyl adjacent to an activating group) is 1. The summed E-state index contributed by atoms with van der Waals surface area (Å²) in [6, 6.07) is 6.05. The molecule has 0 fully saturated rings. The van der Waals surface area contributed by atoms with Gasteiger partial charge in [0.1, 0.15) is 5.75 Å². The van der Waals surface area contributed by atoms with Gasteiger partial charge in [0.2, 0.25) is 0 Å². The zero-order valence-electron chi connectivity index (χ0n) is 11.1. The van der Waals surface area contributed by atoms with E-state index in [9.17, 15) is 0 Å². The summed E-state index contributed by atoms with van der Waals surface area (Å²) in [6.07, 6.45) is 0. The zero-order chi connectivity index (χ0) is 12.9. The number of hydrogen-bond acceptors (Lipinski definition) is 2. The number of halogens is 1. The Morgan fingerprint density at radius 1 is 1.29 bits per heavy atom. The van der Waals surface area contributed by atoms with Crippen molar-refractivity contribution in [3.05, 3.63) is 28.8 Å². The van der Waals surface area contributed by atoms with Crippen molar-refractivity contribution < 1.29 is 4.74 Å². The molecule has 0 aliphatic rings. The normalized spacial score (nSPS) is 11.6. The van der Waals surface area contributed by atoms with Crippen molar-refractivity contribution in [2.24, 2.45) is 0 Å². The van der Waals surface area contributed by atoms with Crippen LogP contribution in [0, 0.1) is 0 Å². The molecule has 2 nitrogen and oxygen atoms in total. The molecule has 0 aromatic heterocycles. The Balaban J connectivity index is 2.88. The lowest BCUT2D eigenvalue weighted by Crippen LogP contribution is -2.32. The first-order valence-electron chi connectivity index (χ1n) is 6.14. The molecule has 3 heteroatoms. The molecular weight excluding hydrogens is 234 g/mol. The molecule has 0 atom stereocenters. The second-order valence-electron chi connectivity index (χ2n) is 4.74. The number of hydrogen-bond donors (Lipinski definition) is 1. The smallest absolute Gasteiger partial charge is 0.137 e. The fraction of sp³-hybridized carbons (Fsp3) is 0.571. The maximum absolute atomic E-state index is 6.20. The van der Waals surface area contributed by atoms with Gasteiger partial charge in [-0.25, -0.2) is 0 Å². The standard InChI is InChI=1S/C14H22ClNO/c1-5-16-10-14(3,4)11-7-8-13(17-6-2)12(15)9-11/h7-9,16H,5-6,10H2,1-4H3. The van der Waals surface area contributed by atoms with Crippen LogP contribution in [0.15, 0.2) is 18.2 Å². The summed E-state index contributed by atoms with van der Waals surface area (Å²) in [5.74, 6) is 0.761. The summed E-state index contributed by atoms with van der Waals surface area (Å²) in [5, 5.41) is 4.06. The fourth-order valence-corrected chi connectivity index (χ4v) is 1.97. The van der Waals surface area contributed by atoms with Gasteiger partial charge in [-0.1, -0.05) is 38.4 Å². The van der Waals surface area contributed by atoms with Crippen LogP contribution in [0.1, 0.15) is 33.3 Å². The first kappa shape index (κ1) is 14.3. The van der Waals surface area contributed by atoms with Gasteiger partial charge in [0.25, 0.3) is 0 Å². The quantitative estimate of drug-likeness (QED) is 0.838. The van der Waals surface area contributed by atoms with Crippen molar-refractivity contribution >= 4 is 11.6 Å². The summed E-state index contributed by atoms with van der Waals surface area (Å²) >= 11 is 6.20. The molecule has 0 spiro atoms. The number of rotatable bonds is 6. The molecule has 17 heavy (non-hydrogen) atoms. The molecule has 0 bridgehead atoms. The maximum atomic E-state index is 6.20. The lowest BCUT2D eigenvalue weighted by atomic mass is 9.84. The van der Waals surface area contributed by atoms with Crippen LogP contribution >= 0.6 is 11.6 Å². The van der Waals surface area contributed by atoms with Gasteiger partial charge >= 0.3 is 0 Å². The fourth-order valence-electron chi connectivity index (χ4n) is 1.73. The molecule has 0 aliphatic heterocycles. The molecule has 96 valence electrons. The van der Waals surface area contributed by atoms with Gasteiger partial charge < -0.3 is 10.1 Å². The SMILES string of the molecule is CCNCC(C)(C)c1ccc(OCC)c(Cl)c1. The van der Waals surface area contributed by atoms with Crippen LogP contribution in [0.2, 0.25) is 5.02 Å². The van der Waals surface area contributed by atoms with Gasteiger partial charge in [0.15, 0.2) is 0 Å². The molecule has 1 aromatic carbocycles. The topological polar surface area (TPSA) is 21.3 Å². The first-order chi connectivity index (χ1) is 8.01. The lowest BCUT2D eigenvalue weighted by molar-refractivity contribution is 0.340. The van der Waals surface area contributed by atoms with E-state index >= 15 is 0 Å². The van der Waals surface area contributed by atoms with Crippen LogP contribution in [0.25, 0.3) is 0 Å². The highest BCUT2D eigenvalue weighted by Crippen LogP contribution is 2.31. The van der Waals surface area contributed by atoms with Crippen LogP contribution < -0.4 is 10.1 Å². The Morgan fingerprint density at radius 2 is 2.00 bits per heavy atom. The summed E-state index contributed by atoms with van der Waals surface area (Å²) < 4.78 is 5.44. The Morgan fingerprint density at radius 3 is 2.53 bits per heavy atom. The van der Waals surface area contributed by atoms with E-state index in [0.29, 0.717) is 11.6 Å². The van der Waals surface area contributed by atoms with E-state index in [1.807, 2.05) is 19.1 Å². The van der Waals surface area contributed by atoms with Crippen LogP contribution in [0.3, 0.4) is 0 Å². The van der Waals surface area contributed by atoms with Crippen LogP contribution in [0.5, 0.6) is 5.75 Å². The zero-order valence-corrected chi connectivity index (χ0v) is 11.9. The van der Waals surface area contributed by atoms with E-state index in [-0.39, 0.29) is 5.41 Å². The minimum Gasteiger partial charge on any atom is -0.492 e. The van der Waals surface area contributed by atoms with Gasteiger partial charge in [0, 0.05) is 12.0 Å². The highest BCUT2D eigenvalue weighted by Gasteiger charge is 2.20. The highest BCUT2D eigenvalue weighted by molar-refractivity contribution is 6.32. The van der Waals surface area contributed by atoms with Gasteiger partial charge in [-0.05, 0) is 31.2 Å². The molecule has 0 aliphatic carbocycles. The average Bonchev–Trinajstić information content (AvgIpc) is 2.29. The minimum atomic E-state index is 0.0738. The molecular formula is C14H22ClNO. The van der Waals surface area contributed by atoms with E-state index in [1.54, 1.807) is 0 Å².